The van der Waals surface area contributed by atoms with E-state index in [1.807, 2.05) is 43.4 Å². The average Bonchev–Trinajstić information content (AvgIpc) is 2.91. The molecule has 3 aromatic rings. The summed E-state index contributed by atoms with van der Waals surface area (Å²) in [6.45, 7) is 0. The largest absolute Gasteiger partial charge is 0.497 e. The van der Waals surface area contributed by atoms with Gasteiger partial charge in [-0.05, 0) is 35.9 Å². The van der Waals surface area contributed by atoms with Crippen LogP contribution in [-0.2, 0) is 7.05 Å². The van der Waals surface area contributed by atoms with E-state index in [0.717, 1.165) is 33.3 Å². The summed E-state index contributed by atoms with van der Waals surface area (Å²) >= 11 is 0. The van der Waals surface area contributed by atoms with Gasteiger partial charge in [-0.25, -0.2) is 0 Å². The molecule has 0 bridgehead atoms. The molecule has 4 nitrogen and oxygen atoms in total. The van der Waals surface area contributed by atoms with Gasteiger partial charge in [0.25, 0.3) is 5.91 Å². The smallest absolute Gasteiger partial charge is 0.265 e. The molecule has 4 heteroatoms. The third kappa shape index (κ3) is 2.43. The van der Waals surface area contributed by atoms with E-state index >= 15 is 0 Å². The molecule has 2 aromatic carbocycles. The third-order valence-electron chi connectivity index (χ3n) is 3.95. The van der Waals surface area contributed by atoms with Crippen LogP contribution in [0.4, 0.5) is 0 Å². The second-order valence-electron chi connectivity index (χ2n) is 5.29. The van der Waals surface area contributed by atoms with Gasteiger partial charge < -0.3 is 15.0 Å². The maximum Gasteiger partial charge on any atom is 0.265 e. The molecule has 1 heterocycles. The highest BCUT2D eigenvalue weighted by atomic mass is 16.5. The van der Waals surface area contributed by atoms with Crippen LogP contribution >= 0.6 is 0 Å². The lowest BCUT2D eigenvalue weighted by atomic mass is 10.00. The van der Waals surface area contributed by atoms with Gasteiger partial charge in [0.15, 0.2) is 0 Å². The third-order valence-corrected chi connectivity index (χ3v) is 3.95. The van der Waals surface area contributed by atoms with Crippen LogP contribution in [0.2, 0.25) is 0 Å². The molecule has 1 amide bonds. The van der Waals surface area contributed by atoms with Crippen molar-refractivity contribution in [3.8, 4) is 29.2 Å². The molecule has 0 saturated carbocycles. The number of fused-ring (bicyclic) bond motifs is 1. The van der Waals surface area contributed by atoms with Gasteiger partial charge in [-0.15, -0.1) is 6.42 Å². The Morgan fingerprint density at radius 1 is 1.22 bits per heavy atom. The minimum atomic E-state index is -0.466. The van der Waals surface area contributed by atoms with Gasteiger partial charge in [-0.2, -0.15) is 0 Å². The van der Waals surface area contributed by atoms with Gasteiger partial charge in [-0.3, -0.25) is 4.79 Å². The number of nitrogens with two attached hydrogens (primary N) is 1. The van der Waals surface area contributed by atoms with E-state index in [1.54, 1.807) is 17.7 Å². The summed E-state index contributed by atoms with van der Waals surface area (Å²) in [6, 6.07) is 13.3. The van der Waals surface area contributed by atoms with E-state index in [-0.39, 0.29) is 0 Å². The molecule has 0 saturated heterocycles. The Labute approximate surface area is 134 Å². The number of terminal acetylenes is 1. The fourth-order valence-electron chi connectivity index (χ4n) is 2.82. The number of hydrogen-bond donors (Lipinski definition) is 1. The number of carbonyl (C=O) groups is 1. The van der Waals surface area contributed by atoms with Crippen LogP contribution < -0.4 is 10.5 Å². The summed E-state index contributed by atoms with van der Waals surface area (Å²) in [5.41, 5.74) is 9.52. The minimum Gasteiger partial charge on any atom is -0.497 e. The monoisotopic (exact) mass is 304 g/mol. The molecule has 1 aromatic heterocycles. The number of primary amides is 1. The van der Waals surface area contributed by atoms with Crippen molar-refractivity contribution in [1.29, 1.82) is 0 Å². The summed E-state index contributed by atoms with van der Waals surface area (Å²) in [4.78, 5) is 11.6. The molecular weight excluding hydrogens is 288 g/mol. The van der Waals surface area contributed by atoms with Crippen LogP contribution in [-0.4, -0.2) is 17.6 Å². The second kappa shape index (κ2) is 5.54. The molecule has 0 spiro atoms. The number of ether oxygens (including phenoxy) is 1. The highest BCUT2D eigenvalue weighted by molar-refractivity contribution is 6.03. The molecule has 0 aliphatic heterocycles. The molecule has 114 valence electrons. The van der Waals surface area contributed by atoms with Crippen LogP contribution in [0.3, 0.4) is 0 Å². The number of methoxy groups -OCH3 is 1. The molecule has 0 fully saturated rings. The normalized spacial score (nSPS) is 10.5. The fourth-order valence-corrected chi connectivity index (χ4v) is 2.82. The van der Waals surface area contributed by atoms with Crippen molar-refractivity contribution in [2.75, 3.05) is 7.11 Å². The molecule has 0 radical (unpaired) electrons. The summed E-state index contributed by atoms with van der Waals surface area (Å²) < 4.78 is 7.00. The highest BCUT2D eigenvalue weighted by Gasteiger charge is 2.15. The molecule has 0 unspecified atom stereocenters. The van der Waals surface area contributed by atoms with Gasteiger partial charge >= 0.3 is 0 Å². The summed E-state index contributed by atoms with van der Waals surface area (Å²) in [5.74, 6) is 2.97. The number of benzene rings is 2. The summed E-state index contributed by atoms with van der Waals surface area (Å²) in [6.07, 6.45) is 5.57. The Balaban J connectivity index is 2.33. The quantitative estimate of drug-likeness (QED) is 0.756. The zero-order chi connectivity index (χ0) is 16.6. The first-order chi connectivity index (χ1) is 11.0. The average molecular weight is 304 g/mol. The SMILES string of the molecule is C#Cc1cc(-c2ccc(OC)cc2)c2c(c1)cc(C(N)=O)n2C. The number of rotatable bonds is 3. The predicted octanol–water partition coefficient (Wildman–Crippen LogP) is 2.93. The standard InChI is InChI=1S/C19H16N2O2/c1-4-12-9-14-11-17(19(20)22)21(2)18(14)16(10-12)13-5-7-15(23-3)8-6-13/h1,5-11H,2-3H3,(H2,20,22). The van der Waals surface area contributed by atoms with Crippen molar-refractivity contribution in [2.24, 2.45) is 12.8 Å². The number of aryl methyl sites for hydroxylation is 1. The number of carbonyl (C=O) groups excluding carboxylic acids is 1. The van der Waals surface area contributed by atoms with Gasteiger partial charge in [0.2, 0.25) is 0 Å². The molecule has 0 aliphatic rings. The highest BCUT2D eigenvalue weighted by Crippen LogP contribution is 2.32. The molecule has 2 N–H and O–H groups in total. The van der Waals surface area contributed by atoms with Gasteiger partial charge in [-0.1, -0.05) is 18.1 Å². The van der Waals surface area contributed by atoms with Gasteiger partial charge in [0.1, 0.15) is 11.4 Å². The number of amides is 1. The molecule has 23 heavy (non-hydrogen) atoms. The van der Waals surface area contributed by atoms with Crippen LogP contribution in [0.15, 0.2) is 42.5 Å². The van der Waals surface area contributed by atoms with Crippen molar-refractivity contribution < 1.29 is 9.53 Å². The van der Waals surface area contributed by atoms with Gasteiger partial charge in [0.05, 0.1) is 12.6 Å². The molecule has 0 atom stereocenters. The molecular formula is C19H16N2O2. The topological polar surface area (TPSA) is 57.2 Å². The van der Waals surface area contributed by atoms with E-state index in [2.05, 4.69) is 5.92 Å². The number of aromatic nitrogens is 1. The van der Waals surface area contributed by atoms with Crippen molar-refractivity contribution in [3.05, 3.63) is 53.7 Å². The summed E-state index contributed by atoms with van der Waals surface area (Å²) in [7, 11) is 3.45. The van der Waals surface area contributed by atoms with E-state index in [1.165, 1.54) is 0 Å². The maximum absolute atomic E-state index is 11.6. The summed E-state index contributed by atoms with van der Waals surface area (Å²) in [5, 5.41) is 0.891. The van der Waals surface area contributed by atoms with E-state index in [9.17, 15) is 4.79 Å². The van der Waals surface area contributed by atoms with Crippen molar-refractivity contribution >= 4 is 16.8 Å². The van der Waals surface area contributed by atoms with Crippen molar-refractivity contribution in [1.82, 2.24) is 4.57 Å². The number of hydrogen-bond acceptors (Lipinski definition) is 2. The molecule has 3 rings (SSSR count). The Morgan fingerprint density at radius 2 is 1.91 bits per heavy atom. The predicted molar refractivity (Wildman–Crippen MR) is 91.4 cm³/mol. The maximum atomic E-state index is 11.6. The van der Waals surface area contributed by atoms with Crippen molar-refractivity contribution in [2.45, 2.75) is 0 Å². The lowest BCUT2D eigenvalue weighted by molar-refractivity contribution is 0.0993. The van der Waals surface area contributed by atoms with E-state index in [0.29, 0.717) is 5.69 Å². The first-order valence-electron chi connectivity index (χ1n) is 7.09. The Bertz CT molecular complexity index is 944. The fraction of sp³-hybridized carbons (Fsp3) is 0.105. The second-order valence-corrected chi connectivity index (χ2v) is 5.29. The Kier molecular flexibility index (Phi) is 3.55. The van der Waals surface area contributed by atoms with Crippen LogP contribution in [0, 0.1) is 12.3 Å². The first-order valence-corrected chi connectivity index (χ1v) is 7.09. The van der Waals surface area contributed by atoms with Crippen LogP contribution in [0.25, 0.3) is 22.0 Å². The zero-order valence-corrected chi connectivity index (χ0v) is 13.0. The minimum absolute atomic E-state index is 0.448. The van der Waals surface area contributed by atoms with Crippen LogP contribution in [0.1, 0.15) is 16.1 Å². The Hall–Kier alpha value is -3.19. The van der Waals surface area contributed by atoms with E-state index in [4.69, 9.17) is 16.9 Å². The lowest BCUT2D eigenvalue weighted by Gasteiger charge is -2.09. The van der Waals surface area contributed by atoms with Gasteiger partial charge in [0, 0.05) is 23.6 Å². The zero-order valence-electron chi connectivity index (χ0n) is 13.0. The lowest BCUT2D eigenvalue weighted by Crippen LogP contribution is -2.14. The van der Waals surface area contributed by atoms with E-state index < -0.39 is 5.91 Å². The first kappa shape index (κ1) is 14.7. The van der Waals surface area contributed by atoms with Crippen molar-refractivity contribution in [3.63, 3.8) is 0 Å². The Morgan fingerprint density at radius 3 is 2.48 bits per heavy atom. The number of nitrogens with zero attached hydrogens (tertiary/aromatic N) is 1. The molecule has 0 aliphatic carbocycles. The van der Waals surface area contributed by atoms with Crippen LogP contribution in [0.5, 0.6) is 5.75 Å².